The van der Waals surface area contributed by atoms with Crippen LogP contribution >= 0.6 is 0 Å². The van der Waals surface area contributed by atoms with Crippen molar-refractivity contribution in [2.24, 2.45) is 5.41 Å². The third-order valence-corrected chi connectivity index (χ3v) is 4.44. The second-order valence-corrected chi connectivity index (χ2v) is 7.14. The van der Waals surface area contributed by atoms with Gasteiger partial charge < -0.3 is 15.0 Å². The van der Waals surface area contributed by atoms with Crippen LogP contribution in [0.4, 0.5) is 4.79 Å². The number of methoxy groups -OCH3 is 1. The molecule has 0 saturated carbocycles. The number of ether oxygens (including phenoxy) is 1. The van der Waals surface area contributed by atoms with E-state index in [1.54, 1.807) is 25.3 Å². The third kappa shape index (κ3) is 4.44. The van der Waals surface area contributed by atoms with Crippen molar-refractivity contribution in [1.82, 2.24) is 15.2 Å². The average molecular weight is 307 g/mol. The van der Waals surface area contributed by atoms with Crippen LogP contribution in [0.5, 0.6) is 0 Å². The predicted molar refractivity (Wildman–Crippen MR) is 88.7 cm³/mol. The van der Waals surface area contributed by atoms with E-state index in [-0.39, 0.29) is 23.0 Å². The van der Waals surface area contributed by atoms with Gasteiger partial charge in [-0.05, 0) is 31.4 Å². The molecule has 0 spiro atoms. The van der Waals surface area contributed by atoms with Crippen molar-refractivity contribution >= 4 is 6.03 Å². The summed E-state index contributed by atoms with van der Waals surface area (Å²) in [6.45, 7) is 10.8. The summed E-state index contributed by atoms with van der Waals surface area (Å²) in [7, 11) is 3.40. The van der Waals surface area contributed by atoms with Crippen LogP contribution in [0.15, 0.2) is 24.4 Å². The van der Waals surface area contributed by atoms with Crippen LogP contribution in [0, 0.1) is 5.41 Å². The lowest BCUT2D eigenvalue weighted by atomic mass is 9.76. The lowest BCUT2D eigenvalue weighted by molar-refractivity contribution is 0.102. The molecule has 0 aliphatic rings. The molecule has 2 amide bonds. The van der Waals surface area contributed by atoms with Crippen LogP contribution < -0.4 is 5.32 Å². The molecule has 0 aromatic carbocycles. The normalized spacial score (nSPS) is 13.6. The van der Waals surface area contributed by atoms with Crippen molar-refractivity contribution in [3.63, 3.8) is 0 Å². The maximum absolute atomic E-state index is 12.6. The maximum Gasteiger partial charge on any atom is 0.318 e. The van der Waals surface area contributed by atoms with Crippen LogP contribution in [0.1, 0.15) is 46.4 Å². The van der Waals surface area contributed by atoms with E-state index in [1.807, 2.05) is 32.0 Å². The number of likely N-dealkylation sites (N-methyl/N-ethyl adjacent to an activating group) is 1. The van der Waals surface area contributed by atoms with Crippen LogP contribution in [0.25, 0.3) is 0 Å². The lowest BCUT2D eigenvalue weighted by Gasteiger charge is -2.41. The van der Waals surface area contributed by atoms with Gasteiger partial charge in [-0.15, -0.1) is 0 Å². The van der Waals surface area contributed by atoms with Gasteiger partial charge in [0.05, 0.1) is 18.3 Å². The summed E-state index contributed by atoms with van der Waals surface area (Å²) < 4.78 is 5.27. The van der Waals surface area contributed by atoms with E-state index in [0.29, 0.717) is 6.61 Å². The van der Waals surface area contributed by atoms with Gasteiger partial charge in [0.25, 0.3) is 0 Å². The second kappa shape index (κ2) is 7.09. The largest absolute Gasteiger partial charge is 0.382 e. The second-order valence-electron chi connectivity index (χ2n) is 7.14. The van der Waals surface area contributed by atoms with Gasteiger partial charge in [0.15, 0.2) is 0 Å². The number of nitrogens with one attached hydrogen (secondary N) is 1. The Morgan fingerprint density at radius 3 is 2.41 bits per heavy atom. The van der Waals surface area contributed by atoms with E-state index in [1.165, 1.54) is 0 Å². The number of carbonyl (C=O) groups is 1. The first kappa shape index (κ1) is 18.4. The van der Waals surface area contributed by atoms with E-state index in [0.717, 1.165) is 5.69 Å². The van der Waals surface area contributed by atoms with E-state index >= 15 is 0 Å². The molecule has 1 aromatic heterocycles. The Morgan fingerprint density at radius 2 is 1.95 bits per heavy atom. The van der Waals surface area contributed by atoms with Gasteiger partial charge >= 0.3 is 6.03 Å². The number of aromatic nitrogens is 1. The molecule has 0 bridgehead atoms. The Kier molecular flexibility index (Phi) is 5.94. The molecule has 1 N–H and O–H groups in total. The van der Waals surface area contributed by atoms with Crippen molar-refractivity contribution in [3.05, 3.63) is 30.1 Å². The van der Waals surface area contributed by atoms with Crippen molar-refractivity contribution < 1.29 is 9.53 Å². The first-order chi connectivity index (χ1) is 10.1. The van der Waals surface area contributed by atoms with E-state index in [2.05, 4.69) is 31.1 Å². The molecule has 0 unspecified atom stereocenters. The molecule has 124 valence electrons. The zero-order valence-electron chi connectivity index (χ0n) is 14.8. The minimum absolute atomic E-state index is 0.0503. The maximum atomic E-state index is 12.6. The molecule has 5 nitrogen and oxygen atoms in total. The summed E-state index contributed by atoms with van der Waals surface area (Å²) in [5.41, 5.74) is 0.432. The van der Waals surface area contributed by atoms with E-state index in [4.69, 9.17) is 4.74 Å². The number of urea groups is 1. The zero-order valence-corrected chi connectivity index (χ0v) is 14.8. The standard InChI is InChI=1S/C17H29N3O2/c1-16(2,3)17(4,5)19-15(21)20(6)14(12-22-7)13-10-8-9-11-18-13/h8-11,14H,12H2,1-7H3,(H,19,21)/t14-/m0/s1. The SMILES string of the molecule is COC[C@@H](c1ccccn1)N(C)C(=O)NC(C)(C)C(C)(C)C. The monoisotopic (exact) mass is 307 g/mol. The summed E-state index contributed by atoms with van der Waals surface area (Å²) in [6.07, 6.45) is 1.73. The van der Waals surface area contributed by atoms with Crippen molar-refractivity contribution in [3.8, 4) is 0 Å². The van der Waals surface area contributed by atoms with Gasteiger partial charge in [0.2, 0.25) is 0 Å². The van der Waals surface area contributed by atoms with Gasteiger partial charge in [0.1, 0.15) is 0 Å². The molecule has 0 radical (unpaired) electrons. The molecule has 0 aliphatic carbocycles. The molecule has 1 heterocycles. The first-order valence-electron chi connectivity index (χ1n) is 7.55. The lowest BCUT2D eigenvalue weighted by Crippen LogP contribution is -2.56. The Balaban J connectivity index is 2.91. The Labute approximate surface area is 134 Å². The molecule has 1 aromatic rings. The van der Waals surface area contributed by atoms with Crippen LogP contribution in [0.3, 0.4) is 0 Å². The fraction of sp³-hybridized carbons (Fsp3) is 0.647. The molecule has 0 aliphatic heterocycles. The van der Waals surface area contributed by atoms with Crippen molar-refractivity contribution in [2.75, 3.05) is 20.8 Å². The van der Waals surface area contributed by atoms with E-state index in [9.17, 15) is 4.79 Å². The number of pyridine rings is 1. The number of hydrogen-bond acceptors (Lipinski definition) is 3. The fourth-order valence-electron chi connectivity index (χ4n) is 1.81. The Bertz CT molecular complexity index is 480. The molecule has 0 fully saturated rings. The molecular weight excluding hydrogens is 278 g/mol. The number of carbonyl (C=O) groups excluding carboxylic acids is 1. The highest BCUT2D eigenvalue weighted by molar-refractivity contribution is 5.75. The van der Waals surface area contributed by atoms with Gasteiger partial charge in [-0.3, -0.25) is 4.98 Å². The third-order valence-electron chi connectivity index (χ3n) is 4.44. The highest BCUT2D eigenvalue weighted by Crippen LogP contribution is 2.30. The Hall–Kier alpha value is -1.62. The van der Waals surface area contributed by atoms with Gasteiger partial charge in [0, 0.05) is 25.9 Å². The molecule has 1 rings (SSSR count). The van der Waals surface area contributed by atoms with Gasteiger partial charge in [-0.2, -0.15) is 0 Å². The molecule has 0 saturated heterocycles. The zero-order chi connectivity index (χ0) is 17.0. The van der Waals surface area contributed by atoms with Crippen molar-refractivity contribution in [1.29, 1.82) is 0 Å². The molecule has 22 heavy (non-hydrogen) atoms. The topological polar surface area (TPSA) is 54.5 Å². The minimum atomic E-state index is -0.333. The molecular formula is C17H29N3O2. The summed E-state index contributed by atoms with van der Waals surface area (Å²) >= 11 is 0. The first-order valence-corrected chi connectivity index (χ1v) is 7.55. The number of amides is 2. The minimum Gasteiger partial charge on any atom is -0.382 e. The highest BCUT2D eigenvalue weighted by atomic mass is 16.5. The fourth-order valence-corrected chi connectivity index (χ4v) is 1.81. The number of nitrogens with zero attached hydrogens (tertiary/aromatic N) is 2. The summed E-state index contributed by atoms with van der Waals surface area (Å²) in [6, 6.07) is 5.32. The average Bonchev–Trinajstić information content (AvgIpc) is 2.43. The Morgan fingerprint density at radius 1 is 1.32 bits per heavy atom. The summed E-state index contributed by atoms with van der Waals surface area (Å²) in [5, 5.41) is 3.11. The number of rotatable bonds is 5. The molecule has 1 atom stereocenters. The van der Waals surface area contributed by atoms with Crippen LogP contribution in [-0.4, -0.2) is 42.2 Å². The van der Waals surface area contributed by atoms with Gasteiger partial charge in [-0.25, -0.2) is 4.79 Å². The van der Waals surface area contributed by atoms with Gasteiger partial charge in [-0.1, -0.05) is 26.8 Å². The number of hydrogen-bond donors (Lipinski definition) is 1. The van der Waals surface area contributed by atoms with E-state index < -0.39 is 0 Å². The van der Waals surface area contributed by atoms with Crippen LogP contribution in [0.2, 0.25) is 0 Å². The summed E-state index contributed by atoms with van der Waals surface area (Å²) in [5.74, 6) is 0. The molecule has 5 heteroatoms. The van der Waals surface area contributed by atoms with Crippen molar-refractivity contribution in [2.45, 2.75) is 46.2 Å². The quantitative estimate of drug-likeness (QED) is 0.908. The highest BCUT2D eigenvalue weighted by Gasteiger charge is 2.36. The smallest absolute Gasteiger partial charge is 0.318 e. The van der Waals surface area contributed by atoms with Crippen LogP contribution in [-0.2, 0) is 4.74 Å². The summed E-state index contributed by atoms with van der Waals surface area (Å²) in [4.78, 5) is 18.6. The predicted octanol–water partition coefficient (Wildman–Crippen LogP) is 3.24.